The van der Waals surface area contributed by atoms with Gasteiger partial charge in [0.1, 0.15) is 0 Å². The van der Waals surface area contributed by atoms with Crippen molar-refractivity contribution in [2.24, 2.45) is 5.41 Å². The lowest BCUT2D eigenvalue weighted by atomic mass is 9.85. The maximum Gasteiger partial charge on any atom is 0.287 e. The fourth-order valence-electron chi connectivity index (χ4n) is 0.718. The van der Waals surface area contributed by atoms with Crippen LogP contribution < -0.4 is 5.32 Å². The Hall–Kier alpha value is -0.510. The van der Waals surface area contributed by atoms with Crippen molar-refractivity contribution >= 4 is 24.3 Å². The highest BCUT2D eigenvalue weighted by Crippen LogP contribution is 2.20. The van der Waals surface area contributed by atoms with Crippen molar-refractivity contribution in [1.29, 1.82) is 0 Å². The number of amides is 1. The molecule has 0 fully saturated rings. The van der Waals surface area contributed by atoms with E-state index in [1.54, 1.807) is 13.8 Å². The number of Topliss-reactive ketones (excluding diaryl/α,β-unsaturated/α-hetero) is 1. The van der Waals surface area contributed by atoms with Gasteiger partial charge in [-0.1, -0.05) is 34.6 Å². The molecule has 1 amide bonds. The Kier molecular flexibility index (Phi) is 9.88. The van der Waals surface area contributed by atoms with E-state index in [-0.39, 0.29) is 5.78 Å². The molecule has 0 aromatic heterocycles. The topological polar surface area (TPSA) is 46.2 Å². The summed E-state index contributed by atoms with van der Waals surface area (Å²) in [5, 5.41) is 2.51. The summed E-state index contributed by atoms with van der Waals surface area (Å²) in [6.07, 6.45) is 0.667. The standard InChI is InChI=1S/C9H17NO2S.C2H6/c1-4-9(2,3)7(11)8(12)10-5-6-13;1-2/h13H,4-6H2,1-3H3,(H,10,12);1-2H3. The van der Waals surface area contributed by atoms with Crippen molar-refractivity contribution in [2.45, 2.75) is 41.0 Å². The maximum absolute atomic E-state index is 11.5. The van der Waals surface area contributed by atoms with Gasteiger partial charge in [0, 0.05) is 17.7 Å². The van der Waals surface area contributed by atoms with Crippen LogP contribution in [0.25, 0.3) is 0 Å². The molecular weight excluding hydrogens is 210 g/mol. The number of ketones is 1. The van der Waals surface area contributed by atoms with Crippen LogP contribution >= 0.6 is 12.6 Å². The largest absolute Gasteiger partial charge is 0.349 e. The molecule has 0 saturated carbocycles. The lowest BCUT2D eigenvalue weighted by molar-refractivity contribution is -0.143. The monoisotopic (exact) mass is 233 g/mol. The molecule has 0 heterocycles. The molecule has 0 saturated heterocycles. The Morgan fingerprint density at radius 2 is 1.73 bits per heavy atom. The summed E-state index contributed by atoms with van der Waals surface area (Å²) in [6.45, 7) is 9.88. The molecule has 0 aliphatic rings. The van der Waals surface area contributed by atoms with Crippen LogP contribution in [0.2, 0.25) is 0 Å². The highest BCUT2D eigenvalue weighted by atomic mass is 32.1. The van der Waals surface area contributed by atoms with Crippen LogP contribution in [0.4, 0.5) is 0 Å². The summed E-state index contributed by atoms with van der Waals surface area (Å²) in [7, 11) is 0. The van der Waals surface area contributed by atoms with E-state index in [9.17, 15) is 9.59 Å². The summed E-state index contributed by atoms with van der Waals surface area (Å²) in [6, 6.07) is 0. The summed E-state index contributed by atoms with van der Waals surface area (Å²) in [5.74, 6) is -0.302. The van der Waals surface area contributed by atoms with Crippen molar-refractivity contribution in [2.75, 3.05) is 12.3 Å². The molecule has 0 unspecified atom stereocenters. The molecule has 0 aromatic rings. The first-order chi connectivity index (χ1) is 6.95. The second-order valence-electron chi connectivity index (χ2n) is 3.55. The molecule has 0 rings (SSSR count). The molecular formula is C11H23NO2S. The van der Waals surface area contributed by atoms with Crippen LogP contribution in [0.5, 0.6) is 0 Å². The molecule has 0 radical (unpaired) electrons. The Labute approximate surface area is 98.4 Å². The maximum atomic E-state index is 11.5. The minimum Gasteiger partial charge on any atom is -0.349 e. The van der Waals surface area contributed by atoms with E-state index < -0.39 is 11.3 Å². The minimum absolute atomic E-state index is 0.350. The average molecular weight is 233 g/mol. The Morgan fingerprint density at radius 3 is 2.07 bits per heavy atom. The van der Waals surface area contributed by atoms with Crippen LogP contribution in [0.15, 0.2) is 0 Å². The zero-order chi connectivity index (χ0) is 12.5. The van der Waals surface area contributed by atoms with E-state index in [0.29, 0.717) is 18.7 Å². The minimum atomic E-state index is -0.555. The average Bonchev–Trinajstić information content (AvgIpc) is 2.27. The number of thiol groups is 1. The van der Waals surface area contributed by atoms with Gasteiger partial charge in [-0.3, -0.25) is 9.59 Å². The van der Waals surface area contributed by atoms with Gasteiger partial charge in [0.05, 0.1) is 0 Å². The summed E-state index contributed by atoms with van der Waals surface area (Å²) >= 11 is 3.93. The first kappa shape index (κ1) is 16.9. The molecule has 0 aromatic carbocycles. The zero-order valence-corrected chi connectivity index (χ0v) is 11.3. The second kappa shape index (κ2) is 8.77. The molecule has 1 N–H and O–H groups in total. The van der Waals surface area contributed by atoms with Crippen molar-refractivity contribution in [1.82, 2.24) is 5.32 Å². The Morgan fingerprint density at radius 1 is 1.27 bits per heavy atom. The van der Waals surface area contributed by atoms with Crippen molar-refractivity contribution < 1.29 is 9.59 Å². The van der Waals surface area contributed by atoms with Gasteiger partial charge in [-0.05, 0) is 6.42 Å². The molecule has 0 aliphatic carbocycles. The van der Waals surface area contributed by atoms with Gasteiger partial charge in [0.25, 0.3) is 5.91 Å². The first-order valence-electron chi connectivity index (χ1n) is 5.39. The third-order valence-corrected chi connectivity index (χ3v) is 2.33. The highest BCUT2D eigenvalue weighted by Gasteiger charge is 2.30. The second-order valence-corrected chi connectivity index (χ2v) is 3.99. The highest BCUT2D eigenvalue weighted by molar-refractivity contribution is 7.80. The van der Waals surface area contributed by atoms with Crippen molar-refractivity contribution in [3.05, 3.63) is 0 Å². The lowest BCUT2D eigenvalue weighted by Gasteiger charge is -2.19. The van der Waals surface area contributed by atoms with E-state index in [0.717, 1.165) is 0 Å². The van der Waals surface area contributed by atoms with Gasteiger partial charge in [0.2, 0.25) is 5.78 Å². The quantitative estimate of drug-likeness (QED) is 0.564. The predicted molar refractivity (Wildman–Crippen MR) is 67.3 cm³/mol. The number of rotatable bonds is 5. The van der Waals surface area contributed by atoms with Gasteiger partial charge in [-0.15, -0.1) is 0 Å². The summed E-state index contributed by atoms with van der Waals surface area (Å²) in [5.41, 5.74) is -0.555. The number of hydrogen-bond donors (Lipinski definition) is 2. The van der Waals surface area contributed by atoms with Crippen LogP contribution in [0, 0.1) is 5.41 Å². The molecule has 0 spiro atoms. The van der Waals surface area contributed by atoms with Gasteiger partial charge in [-0.25, -0.2) is 0 Å². The van der Waals surface area contributed by atoms with Gasteiger partial charge in [0.15, 0.2) is 0 Å². The third kappa shape index (κ3) is 6.55. The fraction of sp³-hybridized carbons (Fsp3) is 0.818. The molecule has 15 heavy (non-hydrogen) atoms. The molecule has 4 heteroatoms. The van der Waals surface area contributed by atoms with E-state index in [1.165, 1.54) is 0 Å². The molecule has 0 bridgehead atoms. The predicted octanol–water partition coefficient (Wildman–Crippen LogP) is 2.06. The van der Waals surface area contributed by atoms with E-state index in [1.807, 2.05) is 20.8 Å². The Bertz CT molecular complexity index is 203. The molecule has 0 aliphatic heterocycles. The van der Waals surface area contributed by atoms with Crippen LogP contribution in [0.1, 0.15) is 41.0 Å². The Balaban J connectivity index is 0. The molecule has 3 nitrogen and oxygen atoms in total. The van der Waals surface area contributed by atoms with Gasteiger partial charge >= 0.3 is 0 Å². The van der Waals surface area contributed by atoms with Crippen molar-refractivity contribution in [3.63, 3.8) is 0 Å². The van der Waals surface area contributed by atoms with E-state index >= 15 is 0 Å². The number of carbonyl (C=O) groups is 2. The summed E-state index contributed by atoms with van der Waals surface area (Å²) in [4.78, 5) is 22.7. The van der Waals surface area contributed by atoms with Crippen molar-refractivity contribution in [3.8, 4) is 0 Å². The smallest absolute Gasteiger partial charge is 0.287 e. The van der Waals surface area contributed by atoms with Crippen LogP contribution in [0.3, 0.4) is 0 Å². The van der Waals surface area contributed by atoms with Gasteiger partial charge in [-0.2, -0.15) is 12.6 Å². The van der Waals surface area contributed by atoms with Crippen LogP contribution in [-0.4, -0.2) is 24.0 Å². The fourth-order valence-corrected chi connectivity index (χ4v) is 0.829. The van der Waals surface area contributed by atoms with Crippen LogP contribution in [-0.2, 0) is 9.59 Å². The van der Waals surface area contributed by atoms with E-state index in [2.05, 4.69) is 17.9 Å². The normalized spacial score (nSPS) is 10.0. The first-order valence-corrected chi connectivity index (χ1v) is 6.02. The molecule has 90 valence electrons. The SMILES string of the molecule is CC.CCC(C)(C)C(=O)C(=O)NCCS. The number of hydrogen-bond acceptors (Lipinski definition) is 3. The lowest BCUT2D eigenvalue weighted by Crippen LogP contribution is -2.40. The van der Waals surface area contributed by atoms with E-state index in [4.69, 9.17) is 0 Å². The van der Waals surface area contributed by atoms with Gasteiger partial charge < -0.3 is 5.32 Å². The molecule has 0 atom stereocenters. The summed E-state index contributed by atoms with van der Waals surface area (Å²) < 4.78 is 0. The number of carbonyl (C=O) groups excluding carboxylic acids is 2. The zero-order valence-electron chi connectivity index (χ0n) is 10.4. The number of nitrogens with one attached hydrogen (secondary N) is 1. The third-order valence-electron chi connectivity index (χ3n) is 2.10.